The molecule has 6 heteroatoms. The van der Waals surface area contributed by atoms with Gasteiger partial charge in [-0.05, 0) is 0 Å². The summed E-state index contributed by atoms with van der Waals surface area (Å²) in [5.41, 5.74) is 6.12. The van der Waals surface area contributed by atoms with Gasteiger partial charge < -0.3 is 35.3 Å². The second-order valence-corrected chi connectivity index (χ2v) is 9.00. The van der Waals surface area contributed by atoms with E-state index in [9.17, 15) is 4.79 Å². The summed E-state index contributed by atoms with van der Waals surface area (Å²) >= 11 is 0. The first kappa shape index (κ1) is 32.6. The van der Waals surface area contributed by atoms with Crippen LogP contribution in [0.25, 0.3) is 16.5 Å². The minimum Gasteiger partial charge on any atom is -1.00 e. The molecule has 0 spiro atoms. The number of rotatable bonds is 2. The second-order valence-electron chi connectivity index (χ2n) is 7.59. The maximum Gasteiger partial charge on any atom is 4.00 e. The van der Waals surface area contributed by atoms with E-state index in [1.807, 2.05) is 0 Å². The summed E-state index contributed by atoms with van der Waals surface area (Å²) in [6.07, 6.45) is 0. The summed E-state index contributed by atoms with van der Waals surface area (Å²) in [7, 11) is 0.777. The van der Waals surface area contributed by atoms with Crippen LogP contribution in [0, 0.1) is 5.41 Å². The fourth-order valence-electron chi connectivity index (χ4n) is 2.28. The number of carbonyl (C=O) groups excluding carboxylic acids is 1. The molecule has 0 aliphatic rings. The zero-order chi connectivity index (χ0) is 21.1. The van der Waals surface area contributed by atoms with Crippen molar-refractivity contribution in [1.29, 1.82) is 0 Å². The Morgan fingerprint density at radius 2 is 1.16 bits per heavy atom. The molecule has 32 heavy (non-hydrogen) atoms. The number of amides is 1. The van der Waals surface area contributed by atoms with Crippen molar-refractivity contribution in [3.05, 3.63) is 109 Å². The van der Waals surface area contributed by atoms with Crippen molar-refractivity contribution in [3.63, 3.8) is 0 Å². The third kappa shape index (κ3) is 12.4. The van der Waals surface area contributed by atoms with Crippen molar-refractivity contribution in [2.75, 3.05) is 0 Å². The third-order valence-corrected chi connectivity index (χ3v) is 5.31. The van der Waals surface area contributed by atoms with Gasteiger partial charge in [0.05, 0.1) is 5.91 Å². The molecule has 4 rings (SSSR count). The molecular weight excluding hydrogens is 620 g/mol. The summed E-state index contributed by atoms with van der Waals surface area (Å²) in [5, 5.41) is 5.46. The molecule has 0 aliphatic heterocycles. The van der Waals surface area contributed by atoms with Crippen LogP contribution < -0.4 is 35.2 Å². The minimum atomic E-state index is -0.507. The van der Waals surface area contributed by atoms with Gasteiger partial charge in [0.15, 0.2) is 0 Å². The number of hydrogen-bond donors (Lipinski definition) is 0. The number of nitrogens with one attached hydrogen (secondary N) is 1. The SMILES string of the molecule is CC(C)(C)C([NH-])=O.[Cl-].[Cl-].[Hf+4].c1ccc([Si]c2ccccc2)cc1.c1ccc2[cH-]ccc2c1. The van der Waals surface area contributed by atoms with Crippen LogP contribution in [-0.4, -0.2) is 15.4 Å². The van der Waals surface area contributed by atoms with Gasteiger partial charge in [0.2, 0.25) is 0 Å². The Morgan fingerprint density at radius 1 is 0.750 bits per heavy atom. The first-order valence-electron chi connectivity index (χ1n) is 9.60. The summed E-state index contributed by atoms with van der Waals surface area (Å²) in [6.45, 7) is 5.17. The third-order valence-electron chi connectivity index (χ3n) is 4.07. The summed E-state index contributed by atoms with van der Waals surface area (Å²) in [6, 6.07) is 35.8. The topological polar surface area (TPSA) is 40.9 Å². The molecule has 1 amide bonds. The molecule has 0 heterocycles. The van der Waals surface area contributed by atoms with E-state index in [-0.39, 0.29) is 50.7 Å². The fraction of sp³-hybridized carbons (Fsp3) is 0.154. The van der Waals surface area contributed by atoms with Gasteiger partial charge in [-0.15, -0.1) is 29.7 Å². The zero-order valence-electron chi connectivity index (χ0n) is 18.5. The molecule has 0 bridgehead atoms. The Morgan fingerprint density at radius 3 is 1.56 bits per heavy atom. The van der Waals surface area contributed by atoms with E-state index >= 15 is 0 Å². The quantitative estimate of drug-likeness (QED) is 0.214. The molecule has 0 aromatic heterocycles. The summed E-state index contributed by atoms with van der Waals surface area (Å²) < 4.78 is 0. The van der Waals surface area contributed by atoms with Crippen LogP contribution in [0.1, 0.15) is 20.8 Å². The zero-order valence-corrected chi connectivity index (χ0v) is 24.6. The molecule has 1 N–H and O–H groups in total. The molecule has 0 unspecified atom stereocenters. The first-order chi connectivity index (χ1) is 13.9. The number of benzene rings is 3. The van der Waals surface area contributed by atoms with E-state index in [0.29, 0.717) is 0 Å². The fourth-order valence-corrected chi connectivity index (χ4v) is 3.33. The van der Waals surface area contributed by atoms with Gasteiger partial charge in [-0.2, -0.15) is 17.5 Å². The predicted octanol–water partition coefficient (Wildman–Crippen LogP) is -0.483. The van der Waals surface area contributed by atoms with E-state index in [1.54, 1.807) is 20.8 Å². The molecule has 0 saturated heterocycles. The molecule has 2 radical (unpaired) electrons. The Kier molecular flexibility index (Phi) is 17.3. The predicted molar refractivity (Wildman–Crippen MR) is 126 cm³/mol. The maximum atomic E-state index is 10.1. The van der Waals surface area contributed by atoms with E-state index < -0.39 is 11.3 Å². The molecule has 2 nitrogen and oxygen atoms in total. The van der Waals surface area contributed by atoms with Crippen molar-refractivity contribution in [2.24, 2.45) is 5.41 Å². The molecule has 0 fully saturated rings. The van der Waals surface area contributed by atoms with Gasteiger partial charge in [-0.1, -0.05) is 97.9 Å². The van der Waals surface area contributed by atoms with Gasteiger partial charge in [-0.25, -0.2) is 0 Å². The van der Waals surface area contributed by atoms with Crippen LogP contribution in [0.5, 0.6) is 0 Å². The standard InChI is InChI=1S/C12H10Si.C9H7.C5H11NO.2ClH.Hf/c1-3-7-11(8-4-1)13-12-9-5-2-6-10-12;1-2-5-9-7-3-6-8(9)4-1;1-5(2,3)4(6)7;;;/h1-10H;1-7H;1-3H3,(H2,6,7);2*1H;/q;-1;;;;+4/p-3. The maximum absolute atomic E-state index is 10.1. The molecule has 0 atom stereocenters. The van der Waals surface area contributed by atoms with Gasteiger partial charge in [0, 0.05) is 5.41 Å². The largest absolute Gasteiger partial charge is 4.00 e. The first-order valence-corrected chi connectivity index (χ1v) is 10.6. The van der Waals surface area contributed by atoms with E-state index in [1.165, 1.54) is 21.1 Å². The summed E-state index contributed by atoms with van der Waals surface area (Å²) in [5.74, 6) is -0.507. The molecular formula is C26H27Cl2HfNOSi. The van der Waals surface area contributed by atoms with Crippen LogP contribution in [0.2, 0.25) is 0 Å². The van der Waals surface area contributed by atoms with Gasteiger partial charge in [0.1, 0.15) is 9.52 Å². The van der Waals surface area contributed by atoms with Crippen LogP contribution in [0.4, 0.5) is 0 Å². The second kappa shape index (κ2) is 17.0. The number of carbonyl (C=O) groups is 1. The molecule has 164 valence electrons. The van der Waals surface area contributed by atoms with Crippen molar-refractivity contribution in [2.45, 2.75) is 20.8 Å². The molecule has 0 saturated carbocycles. The van der Waals surface area contributed by atoms with Gasteiger partial charge >= 0.3 is 25.8 Å². The van der Waals surface area contributed by atoms with E-state index in [4.69, 9.17) is 5.73 Å². The Balaban J connectivity index is 0. The van der Waals surface area contributed by atoms with Crippen molar-refractivity contribution >= 4 is 36.6 Å². The van der Waals surface area contributed by atoms with E-state index in [2.05, 4.69) is 103 Å². The molecule has 4 aromatic rings. The van der Waals surface area contributed by atoms with Gasteiger partial charge in [0.25, 0.3) is 0 Å². The van der Waals surface area contributed by atoms with E-state index in [0.717, 1.165) is 9.52 Å². The summed E-state index contributed by atoms with van der Waals surface area (Å²) in [4.78, 5) is 10.1. The minimum absolute atomic E-state index is 0. The number of fused-ring (bicyclic) bond motifs is 1. The Labute approximate surface area is 225 Å². The van der Waals surface area contributed by atoms with Crippen molar-refractivity contribution in [3.8, 4) is 0 Å². The van der Waals surface area contributed by atoms with Crippen molar-refractivity contribution in [1.82, 2.24) is 0 Å². The number of halogens is 2. The monoisotopic (exact) mass is 647 g/mol. The average molecular weight is 647 g/mol. The normalized spacial score (nSPS) is 9.34. The van der Waals surface area contributed by atoms with Crippen molar-refractivity contribution < 1.29 is 55.5 Å². The van der Waals surface area contributed by atoms with Crippen LogP contribution >= 0.6 is 0 Å². The Hall–Kier alpha value is -1.59. The van der Waals surface area contributed by atoms with Gasteiger partial charge in [-0.3, -0.25) is 0 Å². The number of hydrogen-bond acceptors (Lipinski definition) is 1. The smallest absolute Gasteiger partial charge is 1.00 e. The average Bonchev–Trinajstić information content (AvgIpc) is 3.19. The van der Waals surface area contributed by atoms with Crippen LogP contribution in [0.15, 0.2) is 103 Å². The van der Waals surface area contributed by atoms with Crippen LogP contribution in [-0.2, 0) is 30.6 Å². The van der Waals surface area contributed by atoms with Crippen LogP contribution in [0.3, 0.4) is 0 Å². The molecule has 0 aliphatic carbocycles. The molecule has 4 aromatic carbocycles. The Bertz CT molecular complexity index is 935.